The molecule has 0 amide bonds. The van der Waals surface area contributed by atoms with Crippen molar-refractivity contribution >= 4 is 17.9 Å². The normalized spacial score (nSPS) is 12.5. The molecule has 0 fully saturated rings. The molecule has 1 atom stereocenters. The molecule has 0 spiro atoms. The largest absolute Gasteiger partial charge is 0.462 e. The van der Waals surface area contributed by atoms with Crippen LogP contribution in [0.5, 0.6) is 0 Å². The average Bonchev–Trinajstić information content (AvgIpc) is 3.21. The molecule has 0 radical (unpaired) electrons. The van der Waals surface area contributed by atoms with E-state index in [0.717, 1.165) is 122 Å². The molecule has 0 saturated heterocycles. The van der Waals surface area contributed by atoms with E-state index in [4.69, 9.17) is 14.2 Å². The first-order valence-electron chi connectivity index (χ1n) is 23.8. The first-order chi connectivity index (χ1) is 28.0. The minimum absolute atomic E-state index is 0.0881. The molecule has 0 aromatic carbocycles. The summed E-state index contributed by atoms with van der Waals surface area (Å²) in [7, 11) is 0. The van der Waals surface area contributed by atoms with Crippen molar-refractivity contribution in [2.24, 2.45) is 0 Å². The van der Waals surface area contributed by atoms with E-state index in [2.05, 4.69) is 81.5 Å². The van der Waals surface area contributed by atoms with Gasteiger partial charge in [0.25, 0.3) is 0 Å². The van der Waals surface area contributed by atoms with Gasteiger partial charge in [0, 0.05) is 19.3 Å². The van der Waals surface area contributed by atoms with Gasteiger partial charge in [-0.3, -0.25) is 14.4 Å². The van der Waals surface area contributed by atoms with Crippen LogP contribution in [0.3, 0.4) is 0 Å². The zero-order chi connectivity index (χ0) is 41.5. The minimum Gasteiger partial charge on any atom is -0.462 e. The number of hydrogen-bond acceptors (Lipinski definition) is 6. The van der Waals surface area contributed by atoms with E-state index in [0.29, 0.717) is 19.3 Å². The van der Waals surface area contributed by atoms with Crippen molar-refractivity contribution in [3.8, 4) is 0 Å². The molecule has 328 valence electrons. The van der Waals surface area contributed by atoms with Crippen molar-refractivity contribution in [2.75, 3.05) is 13.2 Å². The van der Waals surface area contributed by atoms with Gasteiger partial charge in [-0.25, -0.2) is 0 Å². The maximum absolute atomic E-state index is 12.7. The molecule has 0 aromatic rings. The summed E-state index contributed by atoms with van der Waals surface area (Å²) in [6.07, 6.45) is 54.9. The predicted octanol–water partition coefficient (Wildman–Crippen LogP) is 15.3. The highest BCUT2D eigenvalue weighted by Crippen LogP contribution is 2.13. The van der Waals surface area contributed by atoms with Crippen molar-refractivity contribution < 1.29 is 28.6 Å². The summed E-state index contributed by atoms with van der Waals surface area (Å²) >= 11 is 0. The summed E-state index contributed by atoms with van der Waals surface area (Å²) in [5, 5.41) is 0. The third kappa shape index (κ3) is 44.1. The Morgan fingerprint density at radius 3 is 1.12 bits per heavy atom. The van der Waals surface area contributed by atoms with E-state index in [9.17, 15) is 14.4 Å². The van der Waals surface area contributed by atoms with Crippen LogP contribution in [0.1, 0.15) is 226 Å². The average molecular weight is 797 g/mol. The molecule has 6 nitrogen and oxygen atoms in total. The molecule has 0 saturated carbocycles. The Morgan fingerprint density at radius 1 is 0.368 bits per heavy atom. The molecule has 6 heteroatoms. The van der Waals surface area contributed by atoms with Gasteiger partial charge in [-0.1, -0.05) is 171 Å². The molecular formula is C51H88O6. The summed E-state index contributed by atoms with van der Waals surface area (Å²) in [5.41, 5.74) is 0. The summed E-state index contributed by atoms with van der Waals surface area (Å²) in [5.74, 6) is -0.927. The third-order valence-corrected chi connectivity index (χ3v) is 9.99. The molecule has 0 aliphatic heterocycles. The predicted molar refractivity (Wildman–Crippen MR) is 242 cm³/mol. The zero-order valence-electron chi connectivity index (χ0n) is 37.3. The van der Waals surface area contributed by atoms with Crippen LogP contribution < -0.4 is 0 Å². The Kier molecular flexibility index (Phi) is 43.5. The molecule has 0 heterocycles. The number of hydrogen-bond donors (Lipinski definition) is 0. The molecule has 0 aromatic heterocycles. The van der Waals surface area contributed by atoms with E-state index >= 15 is 0 Å². The summed E-state index contributed by atoms with van der Waals surface area (Å²) < 4.78 is 16.7. The second kappa shape index (κ2) is 45.8. The van der Waals surface area contributed by atoms with Crippen LogP contribution in [0.4, 0.5) is 0 Å². The molecule has 0 N–H and O–H groups in total. The van der Waals surface area contributed by atoms with Crippen LogP contribution in [0.2, 0.25) is 0 Å². The first kappa shape index (κ1) is 54.1. The molecule has 1 unspecified atom stereocenters. The van der Waals surface area contributed by atoms with Crippen LogP contribution in [0.15, 0.2) is 60.8 Å². The number of carbonyl (C=O) groups excluding carboxylic acids is 3. The molecule has 0 rings (SSSR count). The number of unbranched alkanes of at least 4 members (excludes halogenated alkanes) is 21. The lowest BCUT2D eigenvalue weighted by Gasteiger charge is -2.18. The number of ether oxygens (including phenoxy) is 3. The number of rotatable bonds is 42. The monoisotopic (exact) mass is 797 g/mol. The van der Waals surface area contributed by atoms with E-state index < -0.39 is 6.10 Å². The van der Waals surface area contributed by atoms with Gasteiger partial charge in [0.1, 0.15) is 13.2 Å². The summed E-state index contributed by atoms with van der Waals surface area (Å²) in [6.45, 7) is 6.38. The van der Waals surface area contributed by atoms with Crippen molar-refractivity contribution in [3.05, 3.63) is 60.8 Å². The van der Waals surface area contributed by atoms with Gasteiger partial charge in [0.15, 0.2) is 6.10 Å². The van der Waals surface area contributed by atoms with Crippen molar-refractivity contribution in [1.82, 2.24) is 0 Å². The Labute approximate surface area is 351 Å². The Balaban J connectivity index is 4.36. The highest BCUT2D eigenvalue weighted by Gasteiger charge is 2.19. The highest BCUT2D eigenvalue weighted by atomic mass is 16.6. The van der Waals surface area contributed by atoms with Gasteiger partial charge in [-0.05, 0) is 96.3 Å². The van der Waals surface area contributed by atoms with Gasteiger partial charge in [0.2, 0.25) is 0 Å². The number of esters is 3. The second-order valence-corrected chi connectivity index (χ2v) is 15.6. The summed E-state index contributed by atoms with van der Waals surface area (Å²) in [4.78, 5) is 37.8. The maximum Gasteiger partial charge on any atom is 0.306 e. The Morgan fingerprint density at radius 2 is 0.684 bits per heavy atom. The second-order valence-electron chi connectivity index (χ2n) is 15.6. The lowest BCUT2D eigenvalue weighted by molar-refractivity contribution is -0.167. The number of allylic oxidation sites excluding steroid dienone is 10. The van der Waals surface area contributed by atoms with Gasteiger partial charge in [0.05, 0.1) is 0 Å². The fraction of sp³-hybridized carbons (Fsp3) is 0.745. The molecule has 0 aliphatic rings. The van der Waals surface area contributed by atoms with Gasteiger partial charge < -0.3 is 14.2 Å². The molecule has 0 aliphatic carbocycles. The van der Waals surface area contributed by atoms with Crippen LogP contribution >= 0.6 is 0 Å². The highest BCUT2D eigenvalue weighted by molar-refractivity contribution is 5.71. The van der Waals surface area contributed by atoms with Gasteiger partial charge in [-0.15, -0.1) is 0 Å². The van der Waals surface area contributed by atoms with Crippen molar-refractivity contribution in [2.45, 2.75) is 232 Å². The smallest absolute Gasteiger partial charge is 0.306 e. The van der Waals surface area contributed by atoms with Crippen LogP contribution in [-0.2, 0) is 28.6 Å². The van der Waals surface area contributed by atoms with Gasteiger partial charge >= 0.3 is 17.9 Å². The van der Waals surface area contributed by atoms with Gasteiger partial charge in [-0.2, -0.15) is 0 Å². The maximum atomic E-state index is 12.7. The summed E-state index contributed by atoms with van der Waals surface area (Å²) in [6, 6.07) is 0. The van der Waals surface area contributed by atoms with Crippen molar-refractivity contribution in [3.63, 3.8) is 0 Å². The van der Waals surface area contributed by atoms with E-state index in [1.807, 2.05) is 0 Å². The Bertz CT molecular complexity index is 1050. The minimum atomic E-state index is -0.786. The first-order valence-corrected chi connectivity index (χ1v) is 23.8. The topological polar surface area (TPSA) is 78.9 Å². The van der Waals surface area contributed by atoms with Crippen molar-refractivity contribution in [1.29, 1.82) is 0 Å². The lowest BCUT2D eigenvalue weighted by atomic mass is 10.1. The standard InChI is InChI=1S/C51H88O6/c1-4-7-10-13-16-19-21-23-25-27-29-32-34-37-40-43-49(52)55-46-48(57-51(54)45-42-39-36-31-18-15-12-9-6-3)47-56-50(53)44-41-38-35-33-30-28-26-24-22-20-17-14-11-8-5-2/h7,9-10,12,16,19,23-26,48H,4-6,8,11,13-15,17-18,20-22,27-47H2,1-3H3/b10-7-,12-9-,19-16-,25-23-,26-24-. The fourth-order valence-corrected chi connectivity index (χ4v) is 6.45. The fourth-order valence-electron chi connectivity index (χ4n) is 6.45. The van der Waals surface area contributed by atoms with E-state index in [1.165, 1.54) is 64.2 Å². The molecule has 0 bridgehead atoms. The molecular weight excluding hydrogens is 709 g/mol. The van der Waals surface area contributed by atoms with Crippen LogP contribution in [-0.4, -0.2) is 37.2 Å². The molecule has 57 heavy (non-hydrogen) atoms. The SMILES string of the molecule is CC/C=C\C/C=C\C/C=C\CCCCCCCC(=O)OCC(COC(=O)CCCCCCC/C=C\CCCCCCCC)OC(=O)CCCCCCC/C=C\CC. The zero-order valence-corrected chi connectivity index (χ0v) is 37.3. The van der Waals surface area contributed by atoms with E-state index in [1.54, 1.807) is 0 Å². The third-order valence-electron chi connectivity index (χ3n) is 9.99. The number of carbonyl (C=O) groups is 3. The van der Waals surface area contributed by atoms with Crippen LogP contribution in [0, 0.1) is 0 Å². The lowest BCUT2D eigenvalue weighted by Crippen LogP contribution is -2.30. The quantitative estimate of drug-likeness (QED) is 0.0265. The van der Waals surface area contributed by atoms with Crippen LogP contribution in [0.25, 0.3) is 0 Å². The Hall–Kier alpha value is -2.89. The van der Waals surface area contributed by atoms with E-state index in [-0.39, 0.29) is 31.1 Å².